The number of amides is 2. The number of sulfonamides is 1. The Morgan fingerprint density at radius 3 is 2.58 bits per heavy atom. The summed E-state index contributed by atoms with van der Waals surface area (Å²) in [6.45, 7) is 8.67. The van der Waals surface area contributed by atoms with Crippen molar-refractivity contribution in [3.8, 4) is 10.8 Å². The fourth-order valence-corrected chi connectivity index (χ4v) is 8.59. The van der Waals surface area contributed by atoms with E-state index in [1.807, 2.05) is 27.7 Å². The highest BCUT2D eigenvalue weighted by molar-refractivity contribution is 7.89. The average molecular weight is 638 g/mol. The van der Waals surface area contributed by atoms with E-state index < -0.39 is 39.0 Å². The van der Waals surface area contributed by atoms with Crippen LogP contribution in [0.4, 0.5) is 13.6 Å². The van der Waals surface area contributed by atoms with Gasteiger partial charge in [0.1, 0.15) is 0 Å². The number of likely N-dealkylation sites (tertiary alicyclic amines) is 1. The van der Waals surface area contributed by atoms with Crippen LogP contribution < -0.4 is 4.72 Å². The first kappa shape index (κ1) is 29.8. The van der Waals surface area contributed by atoms with Gasteiger partial charge in [-0.05, 0) is 55.6 Å². The minimum absolute atomic E-state index is 0.0276. The van der Waals surface area contributed by atoms with Crippen LogP contribution in [0, 0.1) is 11.3 Å². The van der Waals surface area contributed by atoms with E-state index in [-0.39, 0.29) is 51.9 Å². The smallest absolute Gasteiger partial charge is 0.407 e. The molecule has 0 radical (unpaired) electrons. The van der Waals surface area contributed by atoms with Crippen molar-refractivity contribution in [1.29, 1.82) is 0 Å². The number of carbonyl (C=O) groups is 2. The maximum absolute atomic E-state index is 14.1. The number of carbonyl (C=O) groups excluding carboxylic acids is 1. The van der Waals surface area contributed by atoms with Gasteiger partial charge in [0.2, 0.25) is 10.0 Å². The molecule has 0 spiro atoms. The fourth-order valence-electron chi connectivity index (χ4n) is 6.39. The number of nitrogens with one attached hydrogen (secondary N) is 1. The van der Waals surface area contributed by atoms with Gasteiger partial charge in [-0.1, -0.05) is 32.1 Å². The fraction of sp³-hybridized carbons (Fsp3) is 0.593. The molecular weight excluding hydrogens is 604 g/mol. The highest BCUT2D eigenvalue weighted by atomic mass is 32.2. The summed E-state index contributed by atoms with van der Waals surface area (Å²) in [5.41, 5.74) is 0.109. The van der Waals surface area contributed by atoms with Gasteiger partial charge >= 0.3 is 6.09 Å². The lowest BCUT2D eigenvalue weighted by Crippen LogP contribution is -2.48. The van der Waals surface area contributed by atoms with Crippen LogP contribution in [0.15, 0.2) is 17.2 Å². The third kappa shape index (κ3) is 5.37. The Morgan fingerprint density at radius 2 is 1.98 bits per heavy atom. The summed E-state index contributed by atoms with van der Waals surface area (Å²) < 4.78 is 57.8. The molecule has 0 aromatic carbocycles. The lowest BCUT2D eigenvalue weighted by atomic mass is 9.79. The van der Waals surface area contributed by atoms with Crippen LogP contribution in [-0.2, 0) is 16.4 Å². The lowest BCUT2D eigenvalue weighted by molar-refractivity contribution is 0.0628. The molecule has 6 rings (SSSR count). The van der Waals surface area contributed by atoms with E-state index in [1.54, 1.807) is 11.0 Å². The van der Waals surface area contributed by atoms with Crippen LogP contribution in [0.2, 0.25) is 0 Å². The number of hydrogen-bond acceptors (Lipinski definition) is 8. The Bertz CT molecular complexity index is 1730. The highest BCUT2D eigenvalue weighted by Gasteiger charge is 2.46. The van der Waals surface area contributed by atoms with Gasteiger partial charge in [0.15, 0.2) is 21.5 Å². The van der Waals surface area contributed by atoms with E-state index in [9.17, 15) is 31.9 Å². The zero-order chi connectivity index (χ0) is 31.1. The highest BCUT2D eigenvalue weighted by Crippen LogP contribution is 2.40. The van der Waals surface area contributed by atoms with E-state index in [0.29, 0.717) is 54.6 Å². The van der Waals surface area contributed by atoms with Crippen molar-refractivity contribution < 1.29 is 31.9 Å². The van der Waals surface area contributed by atoms with Crippen molar-refractivity contribution in [2.45, 2.75) is 76.3 Å². The summed E-state index contributed by atoms with van der Waals surface area (Å²) in [7, 11) is -3.96. The molecule has 1 saturated heterocycles. The first-order chi connectivity index (χ1) is 20.1. The number of hydrogen-bond donors (Lipinski definition) is 2. The summed E-state index contributed by atoms with van der Waals surface area (Å²) in [6.07, 6.45) is -0.186. The summed E-state index contributed by atoms with van der Waals surface area (Å²) in [5, 5.41) is 16.8. The molecule has 1 aliphatic carbocycles. The monoisotopic (exact) mass is 637 g/mol. The van der Waals surface area contributed by atoms with Crippen LogP contribution in [0.25, 0.3) is 16.3 Å². The van der Waals surface area contributed by atoms with Gasteiger partial charge < -0.3 is 14.9 Å². The molecule has 0 bridgehead atoms. The molecule has 232 valence electrons. The van der Waals surface area contributed by atoms with Gasteiger partial charge in [-0.2, -0.15) is 0 Å². The Hall–Kier alpha value is -3.24. The molecule has 5 heterocycles. The molecule has 2 amide bonds. The Morgan fingerprint density at radius 1 is 1.26 bits per heavy atom. The predicted molar refractivity (Wildman–Crippen MR) is 153 cm³/mol. The number of halogens is 2. The lowest BCUT2D eigenvalue weighted by Gasteiger charge is -2.38. The Balaban J connectivity index is 1.43. The molecule has 12 nitrogen and oxygen atoms in total. The maximum Gasteiger partial charge on any atom is 0.407 e. The zero-order valence-corrected chi connectivity index (χ0v) is 25.8. The number of rotatable bonds is 7. The second kappa shape index (κ2) is 10.2. The topological polar surface area (TPSA) is 150 Å². The zero-order valence-electron chi connectivity index (χ0n) is 24.2. The van der Waals surface area contributed by atoms with Crippen molar-refractivity contribution in [2.75, 3.05) is 19.6 Å². The second-order valence-electron chi connectivity index (χ2n) is 13.0. The molecule has 3 aromatic rings. The maximum atomic E-state index is 14.1. The van der Waals surface area contributed by atoms with Gasteiger partial charge in [0.05, 0.1) is 10.4 Å². The molecule has 2 unspecified atom stereocenters. The van der Waals surface area contributed by atoms with E-state index >= 15 is 0 Å². The SMILES string of the molecule is CC1(NS(=O)(=O)c2cc3c4c(nc(-c5nnc(C(F)F)s5)n4c2)C(=O)N(CC2CCN(C(=O)O)C2C(C)(C)C)CC3)CC1. The molecule has 2 N–H and O–H groups in total. The van der Waals surface area contributed by atoms with Gasteiger partial charge in [0, 0.05) is 37.4 Å². The molecule has 1 saturated carbocycles. The van der Waals surface area contributed by atoms with Crippen molar-refractivity contribution >= 4 is 38.9 Å². The van der Waals surface area contributed by atoms with Crippen molar-refractivity contribution in [3.05, 3.63) is 28.5 Å². The third-order valence-corrected chi connectivity index (χ3v) is 11.1. The number of nitrogens with zero attached hydrogens (tertiary/aromatic N) is 6. The molecule has 3 aliphatic rings. The van der Waals surface area contributed by atoms with Crippen LogP contribution in [0.1, 0.15) is 74.4 Å². The summed E-state index contributed by atoms with van der Waals surface area (Å²) in [5.74, 6) is -0.484. The Labute approximate surface area is 251 Å². The normalized spacial score (nSPS) is 22.1. The Kier molecular flexibility index (Phi) is 7.04. The average Bonchev–Trinajstić information content (AvgIpc) is 3.31. The van der Waals surface area contributed by atoms with E-state index in [4.69, 9.17) is 0 Å². The quantitative estimate of drug-likeness (QED) is 0.394. The third-order valence-electron chi connectivity index (χ3n) is 8.55. The number of carboxylic acid groups (broad SMARTS) is 1. The number of imidazole rings is 1. The van der Waals surface area contributed by atoms with Crippen LogP contribution >= 0.6 is 11.3 Å². The molecule has 16 heteroatoms. The molecule has 2 atom stereocenters. The molecule has 2 aliphatic heterocycles. The van der Waals surface area contributed by atoms with Crippen LogP contribution in [-0.4, -0.2) is 86.1 Å². The van der Waals surface area contributed by atoms with Crippen LogP contribution in [0.3, 0.4) is 0 Å². The first-order valence-electron chi connectivity index (χ1n) is 14.1. The van der Waals surface area contributed by atoms with Crippen molar-refractivity contribution in [2.24, 2.45) is 11.3 Å². The molecule has 2 fully saturated rings. The summed E-state index contributed by atoms with van der Waals surface area (Å²) in [6, 6.07) is 1.22. The molecular formula is C27H33F2N7O5S2. The molecule has 3 aromatic heterocycles. The van der Waals surface area contributed by atoms with Crippen molar-refractivity contribution in [1.82, 2.24) is 34.1 Å². The number of aromatic nitrogens is 4. The largest absolute Gasteiger partial charge is 0.465 e. The van der Waals surface area contributed by atoms with Crippen molar-refractivity contribution in [3.63, 3.8) is 0 Å². The minimum Gasteiger partial charge on any atom is -0.465 e. The second-order valence-corrected chi connectivity index (χ2v) is 15.6. The van der Waals surface area contributed by atoms with E-state index in [1.165, 1.54) is 15.5 Å². The van der Waals surface area contributed by atoms with Gasteiger partial charge in [-0.15, -0.1) is 10.2 Å². The van der Waals surface area contributed by atoms with Crippen LogP contribution in [0.5, 0.6) is 0 Å². The van der Waals surface area contributed by atoms with E-state index in [0.717, 1.165) is 0 Å². The van der Waals surface area contributed by atoms with Gasteiger partial charge in [-0.3, -0.25) is 9.20 Å². The predicted octanol–water partition coefficient (Wildman–Crippen LogP) is 4.03. The van der Waals surface area contributed by atoms with Gasteiger partial charge in [-0.25, -0.2) is 31.7 Å². The summed E-state index contributed by atoms with van der Waals surface area (Å²) >= 11 is 0.625. The standard InChI is InChI=1S/C27H33F2N7O5S2/c1-26(2,3)19-15(6-10-35(19)25(38)39)12-34-9-5-14-11-16(43(40,41)33-27(4)7-8-27)13-36-18(14)17(24(34)37)30-21(36)23-32-31-22(42-23)20(28)29/h11,13,15,19-20,33H,5-10,12H2,1-4H3,(H,38,39). The minimum atomic E-state index is -3.96. The first-order valence-corrected chi connectivity index (χ1v) is 16.4. The molecule has 43 heavy (non-hydrogen) atoms. The van der Waals surface area contributed by atoms with Gasteiger partial charge in [0.25, 0.3) is 12.3 Å². The number of pyridine rings is 1. The van der Waals surface area contributed by atoms with E-state index in [2.05, 4.69) is 19.9 Å². The summed E-state index contributed by atoms with van der Waals surface area (Å²) in [4.78, 5) is 33.7. The number of alkyl halides is 2.